The van der Waals surface area contributed by atoms with Crippen LogP contribution in [0.25, 0.3) is 0 Å². The number of thioether (sulfide) groups is 1. The second-order valence-corrected chi connectivity index (χ2v) is 3.38. The highest BCUT2D eigenvalue weighted by Gasteiger charge is 1.80. The van der Waals surface area contributed by atoms with Gasteiger partial charge >= 0.3 is 0 Å². The topological polar surface area (TPSA) is 63.0 Å². The SMILES string of the molecule is CSC.Cc1cccc(C)c1.O.O. The summed E-state index contributed by atoms with van der Waals surface area (Å²) in [4.78, 5) is 0. The lowest BCUT2D eigenvalue weighted by atomic mass is 10.2. The molecule has 1 rings (SSSR count). The Labute approximate surface area is 85.0 Å². The summed E-state index contributed by atoms with van der Waals surface area (Å²) in [5.41, 5.74) is 2.68. The van der Waals surface area contributed by atoms with E-state index in [0.717, 1.165) is 0 Å². The second-order valence-electron chi connectivity index (χ2n) is 2.57. The smallest absolute Gasteiger partial charge is 0.0187 e. The van der Waals surface area contributed by atoms with Crippen LogP contribution in [-0.2, 0) is 0 Å². The Kier molecular flexibility index (Phi) is 16.2. The van der Waals surface area contributed by atoms with Crippen LogP contribution in [0.15, 0.2) is 24.3 Å². The van der Waals surface area contributed by atoms with Crippen LogP contribution in [-0.4, -0.2) is 23.5 Å². The van der Waals surface area contributed by atoms with Gasteiger partial charge in [0.05, 0.1) is 0 Å². The van der Waals surface area contributed by atoms with Crippen LogP contribution in [0.4, 0.5) is 0 Å². The molecule has 13 heavy (non-hydrogen) atoms. The molecule has 1 aromatic rings. The van der Waals surface area contributed by atoms with Gasteiger partial charge in [-0.2, -0.15) is 11.8 Å². The van der Waals surface area contributed by atoms with Gasteiger partial charge in [-0.1, -0.05) is 35.4 Å². The number of hydrogen-bond donors (Lipinski definition) is 0. The Bertz CT molecular complexity index is 185. The van der Waals surface area contributed by atoms with E-state index < -0.39 is 0 Å². The zero-order valence-corrected chi connectivity index (χ0v) is 9.53. The van der Waals surface area contributed by atoms with Crippen molar-refractivity contribution in [2.24, 2.45) is 0 Å². The zero-order chi connectivity index (χ0) is 8.69. The predicted molar refractivity (Wildman–Crippen MR) is 62.6 cm³/mol. The minimum atomic E-state index is 0. The zero-order valence-electron chi connectivity index (χ0n) is 8.72. The predicted octanol–water partition coefficient (Wildman–Crippen LogP) is 1.63. The molecule has 0 spiro atoms. The van der Waals surface area contributed by atoms with Gasteiger partial charge < -0.3 is 11.0 Å². The van der Waals surface area contributed by atoms with Crippen molar-refractivity contribution in [1.82, 2.24) is 0 Å². The van der Waals surface area contributed by atoms with Gasteiger partial charge in [-0.3, -0.25) is 0 Å². The lowest BCUT2D eigenvalue weighted by Gasteiger charge is -1.90. The first-order valence-electron chi connectivity index (χ1n) is 3.64. The molecule has 2 nitrogen and oxygen atoms in total. The van der Waals surface area contributed by atoms with Crippen molar-refractivity contribution in [3.8, 4) is 0 Å². The van der Waals surface area contributed by atoms with E-state index in [-0.39, 0.29) is 11.0 Å². The molecule has 0 aliphatic carbocycles. The van der Waals surface area contributed by atoms with Gasteiger partial charge in [-0.25, -0.2) is 0 Å². The van der Waals surface area contributed by atoms with E-state index in [9.17, 15) is 0 Å². The van der Waals surface area contributed by atoms with Crippen LogP contribution in [0, 0.1) is 13.8 Å². The Balaban J connectivity index is -0.000000180. The van der Waals surface area contributed by atoms with Crippen LogP contribution in [0.3, 0.4) is 0 Å². The second kappa shape index (κ2) is 11.5. The Morgan fingerprint density at radius 3 is 1.38 bits per heavy atom. The summed E-state index contributed by atoms with van der Waals surface area (Å²) in [5.74, 6) is 0. The van der Waals surface area contributed by atoms with Gasteiger partial charge in [0.15, 0.2) is 0 Å². The van der Waals surface area contributed by atoms with E-state index in [1.807, 2.05) is 12.5 Å². The van der Waals surface area contributed by atoms with E-state index in [0.29, 0.717) is 0 Å². The average molecular weight is 204 g/mol. The maximum atomic E-state index is 2.17. The van der Waals surface area contributed by atoms with E-state index in [4.69, 9.17) is 0 Å². The van der Waals surface area contributed by atoms with Crippen molar-refractivity contribution < 1.29 is 11.0 Å². The normalized spacial score (nSPS) is 7.08. The van der Waals surface area contributed by atoms with Gasteiger partial charge in [-0.15, -0.1) is 0 Å². The maximum absolute atomic E-state index is 2.17. The molecule has 0 radical (unpaired) electrons. The molecular formula is C10H20O2S. The third-order valence-electron chi connectivity index (χ3n) is 1.17. The third kappa shape index (κ3) is 11.5. The van der Waals surface area contributed by atoms with Crippen LogP contribution in [0.5, 0.6) is 0 Å². The monoisotopic (exact) mass is 204 g/mol. The van der Waals surface area contributed by atoms with Crippen LogP contribution in [0.1, 0.15) is 11.1 Å². The summed E-state index contributed by atoms with van der Waals surface area (Å²) in [5, 5.41) is 0. The summed E-state index contributed by atoms with van der Waals surface area (Å²) in [6.07, 6.45) is 4.08. The Hall–Kier alpha value is -0.510. The molecule has 4 N–H and O–H groups in total. The quantitative estimate of drug-likeness (QED) is 0.633. The highest BCUT2D eigenvalue weighted by molar-refractivity contribution is 7.97. The Morgan fingerprint density at radius 2 is 1.23 bits per heavy atom. The molecule has 3 heteroatoms. The van der Waals surface area contributed by atoms with Crippen molar-refractivity contribution >= 4 is 11.8 Å². The number of rotatable bonds is 0. The van der Waals surface area contributed by atoms with Crippen LogP contribution >= 0.6 is 11.8 Å². The van der Waals surface area contributed by atoms with Crippen LogP contribution in [0.2, 0.25) is 0 Å². The van der Waals surface area contributed by atoms with E-state index in [1.165, 1.54) is 11.1 Å². The van der Waals surface area contributed by atoms with Crippen molar-refractivity contribution in [3.63, 3.8) is 0 Å². The summed E-state index contributed by atoms with van der Waals surface area (Å²) < 4.78 is 0. The van der Waals surface area contributed by atoms with E-state index in [2.05, 4.69) is 38.1 Å². The fourth-order valence-corrected chi connectivity index (χ4v) is 0.807. The van der Waals surface area contributed by atoms with Gasteiger partial charge in [-0.05, 0) is 26.4 Å². The van der Waals surface area contributed by atoms with Crippen molar-refractivity contribution in [2.45, 2.75) is 13.8 Å². The highest BCUT2D eigenvalue weighted by atomic mass is 32.2. The highest BCUT2D eigenvalue weighted by Crippen LogP contribution is 2.00. The Morgan fingerprint density at radius 1 is 0.923 bits per heavy atom. The van der Waals surface area contributed by atoms with Gasteiger partial charge in [0.2, 0.25) is 0 Å². The molecule has 0 heterocycles. The maximum Gasteiger partial charge on any atom is -0.0187 e. The molecule has 0 aliphatic heterocycles. The lowest BCUT2D eigenvalue weighted by molar-refractivity contribution is 0.823. The molecule has 0 bridgehead atoms. The van der Waals surface area contributed by atoms with Gasteiger partial charge in [0, 0.05) is 0 Å². The molecule has 0 saturated carbocycles. The third-order valence-corrected chi connectivity index (χ3v) is 1.17. The standard InChI is InChI=1S/C8H10.C2H6S.2H2O/c1-7-4-3-5-8(2)6-7;1-3-2;;/h3-6H,1-2H3;1-2H3;2*1H2. The average Bonchev–Trinajstić information content (AvgIpc) is 1.88. The van der Waals surface area contributed by atoms with Crippen molar-refractivity contribution in [3.05, 3.63) is 35.4 Å². The fourth-order valence-electron chi connectivity index (χ4n) is 0.807. The molecule has 0 unspecified atom stereocenters. The molecule has 0 atom stereocenters. The summed E-state index contributed by atoms with van der Waals surface area (Å²) in [6.45, 7) is 4.21. The van der Waals surface area contributed by atoms with Crippen molar-refractivity contribution in [1.29, 1.82) is 0 Å². The number of aryl methyl sites for hydroxylation is 2. The number of benzene rings is 1. The first kappa shape index (κ1) is 18.3. The molecule has 0 aliphatic rings. The van der Waals surface area contributed by atoms with Crippen molar-refractivity contribution in [2.75, 3.05) is 12.5 Å². The largest absolute Gasteiger partial charge is 0.412 e. The summed E-state index contributed by atoms with van der Waals surface area (Å²) in [6, 6.07) is 8.45. The van der Waals surface area contributed by atoms with Gasteiger partial charge in [0.25, 0.3) is 0 Å². The first-order chi connectivity index (χ1) is 5.20. The molecule has 0 aromatic heterocycles. The molecule has 78 valence electrons. The number of hydrogen-bond acceptors (Lipinski definition) is 1. The molecule has 1 aromatic carbocycles. The summed E-state index contributed by atoms with van der Waals surface area (Å²) >= 11 is 1.75. The first-order valence-corrected chi connectivity index (χ1v) is 5.27. The van der Waals surface area contributed by atoms with Gasteiger partial charge in [0.1, 0.15) is 0 Å². The minimum Gasteiger partial charge on any atom is -0.412 e. The fraction of sp³-hybridized carbons (Fsp3) is 0.400. The molecule has 0 fully saturated rings. The molecular weight excluding hydrogens is 184 g/mol. The molecule has 0 amide bonds. The summed E-state index contributed by atoms with van der Waals surface area (Å²) in [7, 11) is 0. The minimum absolute atomic E-state index is 0. The van der Waals surface area contributed by atoms with Crippen LogP contribution < -0.4 is 0 Å². The van der Waals surface area contributed by atoms with E-state index >= 15 is 0 Å². The lowest BCUT2D eigenvalue weighted by Crippen LogP contribution is -1.71. The molecule has 0 saturated heterocycles. The van der Waals surface area contributed by atoms with E-state index in [1.54, 1.807) is 11.8 Å².